The molecule has 1 aliphatic rings. The Bertz CT molecular complexity index is 571. The lowest BCUT2D eigenvalue weighted by atomic mass is 9.80. The van der Waals surface area contributed by atoms with Crippen LogP contribution in [-0.2, 0) is 0 Å². The number of nitrogens with one attached hydrogen (secondary N) is 1. The van der Waals surface area contributed by atoms with Gasteiger partial charge in [0.2, 0.25) is 0 Å². The van der Waals surface area contributed by atoms with Gasteiger partial charge in [0.25, 0.3) is 0 Å². The molecule has 0 saturated heterocycles. The molecule has 1 saturated carbocycles. The van der Waals surface area contributed by atoms with E-state index in [0.29, 0.717) is 5.65 Å². The number of nitrogens with zero attached hydrogens (tertiary/aromatic N) is 6. The Kier molecular flexibility index (Phi) is 3.52. The molecule has 20 heavy (non-hydrogen) atoms. The number of hydrogen-bond acceptors (Lipinski definition) is 6. The monoisotopic (exact) mass is 275 g/mol. The Hall–Kier alpha value is -1.76. The molecular weight excluding hydrogens is 254 g/mol. The van der Waals surface area contributed by atoms with Gasteiger partial charge in [-0.3, -0.25) is 0 Å². The van der Waals surface area contributed by atoms with E-state index in [0.717, 1.165) is 12.4 Å². The number of likely N-dealkylation sites (N-methyl/N-ethyl adjacent to an activating group) is 1. The maximum Gasteiger partial charge on any atom is 0.200 e. The average molecular weight is 275 g/mol. The molecular formula is C13H21N7. The van der Waals surface area contributed by atoms with E-state index in [-0.39, 0.29) is 5.54 Å². The van der Waals surface area contributed by atoms with Crippen LogP contribution in [0.25, 0.3) is 5.65 Å². The minimum Gasteiger partial charge on any atom is -0.367 e. The molecule has 0 spiro atoms. The zero-order chi connectivity index (χ0) is 14.0. The topological polar surface area (TPSA) is 71.2 Å². The van der Waals surface area contributed by atoms with Crippen molar-refractivity contribution < 1.29 is 0 Å². The third-order valence-corrected chi connectivity index (χ3v) is 4.40. The van der Waals surface area contributed by atoms with Crippen LogP contribution in [0.2, 0.25) is 0 Å². The fraction of sp³-hybridized carbons (Fsp3) is 0.692. The minimum atomic E-state index is 0.232. The van der Waals surface area contributed by atoms with E-state index in [4.69, 9.17) is 0 Å². The summed E-state index contributed by atoms with van der Waals surface area (Å²) >= 11 is 0. The number of fused-ring (bicyclic) bond motifs is 1. The van der Waals surface area contributed by atoms with Crippen molar-refractivity contribution in [1.82, 2.24) is 30.2 Å². The predicted octanol–water partition coefficient (Wildman–Crippen LogP) is 1.20. The second-order valence-corrected chi connectivity index (χ2v) is 5.78. The van der Waals surface area contributed by atoms with Crippen molar-refractivity contribution in [3.8, 4) is 0 Å². The van der Waals surface area contributed by atoms with Crippen LogP contribution in [-0.4, -0.2) is 56.3 Å². The molecule has 7 heteroatoms. The highest BCUT2D eigenvalue weighted by molar-refractivity contribution is 5.42. The maximum absolute atomic E-state index is 4.36. The van der Waals surface area contributed by atoms with Gasteiger partial charge in [-0.1, -0.05) is 19.3 Å². The Morgan fingerprint density at radius 1 is 1.25 bits per heavy atom. The quantitative estimate of drug-likeness (QED) is 0.904. The van der Waals surface area contributed by atoms with Crippen LogP contribution in [0.15, 0.2) is 12.1 Å². The summed E-state index contributed by atoms with van der Waals surface area (Å²) in [5.74, 6) is 0.816. The van der Waals surface area contributed by atoms with Gasteiger partial charge in [0.1, 0.15) is 5.82 Å². The molecule has 108 valence electrons. The number of anilines is 1. The third-order valence-electron chi connectivity index (χ3n) is 4.40. The average Bonchev–Trinajstić information content (AvgIpc) is 2.93. The summed E-state index contributed by atoms with van der Waals surface area (Å²) in [4.78, 5) is 2.36. The summed E-state index contributed by atoms with van der Waals surface area (Å²) in [7, 11) is 4.34. The highest BCUT2D eigenvalue weighted by atomic mass is 15.6. The minimum absolute atomic E-state index is 0.232. The van der Waals surface area contributed by atoms with Gasteiger partial charge in [-0.05, 0) is 49.5 Å². The van der Waals surface area contributed by atoms with Crippen LogP contribution in [0.1, 0.15) is 32.1 Å². The van der Waals surface area contributed by atoms with E-state index in [2.05, 4.69) is 44.9 Å². The molecule has 2 aromatic heterocycles. The molecule has 0 aliphatic heterocycles. The van der Waals surface area contributed by atoms with Crippen LogP contribution in [0, 0.1) is 0 Å². The Morgan fingerprint density at radius 2 is 2.05 bits per heavy atom. The molecule has 0 aromatic carbocycles. The van der Waals surface area contributed by atoms with E-state index >= 15 is 0 Å². The lowest BCUT2D eigenvalue weighted by Gasteiger charge is -2.43. The second kappa shape index (κ2) is 5.32. The summed E-state index contributed by atoms with van der Waals surface area (Å²) < 4.78 is 1.45. The van der Waals surface area contributed by atoms with Crippen LogP contribution in [0.5, 0.6) is 0 Å². The van der Waals surface area contributed by atoms with Gasteiger partial charge in [0, 0.05) is 12.1 Å². The van der Waals surface area contributed by atoms with Crippen LogP contribution in [0.3, 0.4) is 0 Å². The maximum atomic E-state index is 4.36. The first-order valence-corrected chi connectivity index (χ1v) is 7.16. The zero-order valence-electron chi connectivity index (χ0n) is 12.1. The summed E-state index contributed by atoms with van der Waals surface area (Å²) in [5.41, 5.74) is 0.894. The number of rotatable bonds is 4. The van der Waals surface area contributed by atoms with E-state index in [9.17, 15) is 0 Å². The molecule has 2 heterocycles. The van der Waals surface area contributed by atoms with Crippen molar-refractivity contribution in [3.05, 3.63) is 12.1 Å². The van der Waals surface area contributed by atoms with Crippen molar-refractivity contribution in [2.75, 3.05) is 26.0 Å². The summed E-state index contributed by atoms with van der Waals surface area (Å²) in [5, 5.41) is 19.1. The van der Waals surface area contributed by atoms with E-state index < -0.39 is 0 Å². The van der Waals surface area contributed by atoms with E-state index in [1.165, 1.54) is 36.7 Å². The highest BCUT2D eigenvalue weighted by Crippen LogP contribution is 2.32. The number of hydrogen-bond donors (Lipinski definition) is 1. The smallest absolute Gasteiger partial charge is 0.200 e. The lowest BCUT2D eigenvalue weighted by molar-refractivity contribution is 0.113. The lowest BCUT2D eigenvalue weighted by Crippen LogP contribution is -2.51. The predicted molar refractivity (Wildman–Crippen MR) is 76.6 cm³/mol. The highest BCUT2D eigenvalue weighted by Gasteiger charge is 2.33. The molecule has 1 N–H and O–H groups in total. The first-order chi connectivity index (χ1) is 9.70. The first kappa shape index (κ1) is 13.2. The molecule has 2 aromatic rings. The van der Waals surface area contributed by atoms with Gasteiger partial charge in [0.15, 0.2) is 5.65 Å². The molecule has 0 atom stereocenters. The van der Waals surface area contributed by atoms with Crippen molar-refractivity contribution in [1.29, 1.82) is 0 Å². The SMILES string of the molecule is CN(C)C1(CNc2ccc3nnnn3n2)CCCCC1. The number of tetrazole rings is 1. The Morgan fingerprint density at radius 3 is 2.80 bits per heavy atom. The van der Waals surface area contributed by atoms with E-state index in [1.54, 1.807) is 0 Å². The van der Waals surface area contributed by atoms with Gasteiger partial charge in [-0.2, -0.15) is 0 Å². The largest absolute Gasteiger partial charge is 0.367 e. The summed E-state index contributed by atoms with van der Waals surface area (Å²) in [6.45, 7) is 0.903. The third kappa shape index (κ3) is 2.45. The zero-order valence-corrected chi connectivity index (χ0v) is 12.1. The fourth-order valence-corrected chi connectivity index (χ4v) is 2.99. The molecule has 0 radical (unpaired) electrons. The Balaban J connectivity index is 1.73. The molecule has 1 fully saturated rings. The van der Waals surface area contributed by atoms with E-state index in [1.807, 2.05) is 12.1 Å². The van der Waals surface area contributed by atoms with Gasteiger partial charge < -0.3 is 10.2 Å². The van der Waals surface area contributed by atoms with Crippen molar-refractivity contribution in [3.63, 3.8) is 0 Å². The van der Waals surface area contributed by atoms with Crippen molar-refractivity contribution in [2.24, 2.45) is 0 Å². The molecule has 0 amide bonds. The Labute approximate surface area is 118 Å². The summed E-state index contributed by atoms with van der Waals surface area (Å²) in [6, 6.07) is 3.80. The molecule has 3 rings (SSSR count). The normalized spacial score (nSPS) is 18.6. The second-order valence-electron chi connectivity index (χ2n) is 5.78. The van der Waals surface area contributed by atoms with Crippen LogP contribution < -0.4 is 5.32 Å². The molecule has 7 nitrogen and oxygen atoms in total. The summed E-state index contributed by atoms with van der Waals surface area (Å²) in [6.07, 6.45) is 6.43. The van der Waals surface area contributed by atoms with Crippen molar-refractivity contribution >= 4 is 11.5 Å². The molecule has 1 aliphatic carbocycles. The first-order valence-electron chi connectivity index (χ1n) is 7.16. The number of aromatic nitrogens is 5. The molecule has 0 bridgehead atoms. The van der Waals surface area contributed by atoms with Gasteiger partial charge in [0.05, 0.1) is 0 Å². The van der Waals surface area contributed by atoms with Gasteiger partial charge in [-0.15, -0.1) is 14.8 Å². The standard InChI is InChI=1S/C13H21N7/c1-19(2)13(8-4-3-5-9-13)10-14-11-6-7-12-15-17-18-20(12)16-11/h6-7H,3-5,8-10H2,1-2H3,(H,14,16). The van der Waals surface area contributed by atoms with Crippen LogP contribution >= 0.6 is 0 Å². The van der Waals surface area contributed by atoms with Gasteiger partial charge in [-0.25, -0.2) is 0 Å². The van der Waals surface area contributed by atoms with Crippen LogP contribution in [0.4, 0.5) is 5.82 Å². The van der Waals surface area contributed by atoms with Gasteiger partial charge >= 0.3 is 0 Å². The van der Waals surface area contributed by atoms with Crippen molar-refractivity contribution in [2.45, 2.75) is 37.6 Å². The fourth-order valence-electron chi connectivity index (χ4n) is 2.99. The molecule has 0 unspecified atom stereocenters.